The van der Waals surface area contributed by atoms with Gasteiger partial charge < -0.3 is 20.1 Å². The number of anilines is 2. The van der Waals surface area contributed by atoms with Crippen molar-refractivity contribution in [3.8, 4) is 5.75 Å². The van der Waals surface area contributed by atoms with Gasteiger partial charge in [0.2, 0.25) is 5.91 Å². The summed E-state index contributed by atoms with van der Waals surface area (Å²) in [4.78, 5) is 12.0. The molecule has 0 bridgehead atoms. The lowest BCUT2D eigenvalue weighted by Gasteiger charge is -2.12. The number of benzene rings is 2. The van der Waals surface area contributed by atoms with Gasteiger partial charge in [-0.05, 0) is 55.3 Å². The molecule has 0 aliphatic carbocycles. The number of ether oxygens (including phenoxy) is 2. The third-order valence-electron chi connectivity index (χ3n) is 3.97. The van der Waals surface area contributed by atoms with Gasteiger partial charge in [0.25, 0.3) is 0 Å². The average Bonchev–Trinajstić information content (AvgIpc) is 3.16. The molecule has 5 nitrogen and oxygen atoms in total. The van der Waals surface area contributed by atoms with Gasteiger partial charge >= 0.3 is 0 Å². The molecule has 1 fully saturated rings. The standard InChI is InChI=1S/C19H20Cl2N2O3/c20-17-8-5-14(10-18(17)21)23-19(24)11-22-13-3-6-15(7-4-13)26-12-16-2-1-9-25-16/h3-8,10,16,22H,1-2,9,11-12H2,(H,23,24). The second-order valence-electron chi connectivity index (χ2n) is 6.00. The molecule has 2 aromatic carbocycles. The molecule has 1 unspecified atom stereocenters. The molecule has 1 saturated heterocycles. The van der Waals surface area contributed by atoms with E-state index < -0.39 is 0 Å². The fourth-order valence-electron chi connectivity index (χ4n) is 2.60. The van der Waals surface area contributed by atoms with E-state index in [0.29, 0.717) is 22.3 Å². The Morgan fingerprint density at radius 1 is 1.12 bits per heavy atom. The van der Waals surface area contributed by atoms with Crippen LogP contribution in [0.3, 0.4) is 0 Å². The first kappa shape index (κ1) is 18.8. The molecule has 2 aromatic rings. The first-order valence-electron chi connectivity index (χ1n) is 8.43. The van der Waals surface area contributed by atoms with Gasteiger partial charge in [0.15, 0.2) is 0 Å². The van der Waals surface area contributed by atoms with Gasteiger partial charge in [0.1, 0.15) is 12.4 Å². The minimum atomic E-state index is -0.179. The number of carbonyl (C=O) groups excluding carboxylic acids is 1. The maximum atomic E-state index is 12.0. The molecular formula is C19H20Cl2N2O3. The number of nitrogens with one attached hydrogen (secondary N) is 2. The van der Waals surface area contributed by atoms with Crippen LogP contribution in [-0.4, -0.2) is 31.8 Å². The van der Waals surface area contributed by atoms with E-state index in [1.54, 1.807) is 18.2 Å². The lowest BCUT2D eigenvalue weighted by atomic mass is 10.2. The van der Waals surface area contributed by atoms with Crippen molar-refractivity contribution in [3.05, 3.63) is 52.5 Å². The van der Waals surface area contributed by atoms with Crippen molar-refractivity contribution in [3.63, 3.8) is 0 Å². The van der Waals surface area contributed by atoms with E-state index in [2.05, 4.69) is 10.6 Å². The first-order valence-corrected chi connectivity index (χ1v) is 9.19. The van der Waals surface area contributed by atoms with E-state index in [1.807, 2.05) is 24.3 Å². The number of carbonyl (C=O) groups is 1. The van der Waals surface area contributed by atoms with Crippen molar-refractivity contribution in [1.82, 2.24) is 0 Å². The molecule has 138 valence electrons. The van der Waals surface area contributed by atoms with Crippen molar-refractivity contribution in [2.75, 3.05) is 30.4 Å². The summed E-state index contributed by atoms with van der Waals surface area (Å²) in [6, 6.07) is 12.4. The number of rotatable bonds is 7. The smallest absolute Gasteiger partial charge is 0.243 e. The molecule has 26 heavy (non-hydrogen) atoms. The predicted octanol–water partition coefficient (Wildman–Crippen LogP) is 4.60. The number of halogens is 2. The van der Waals surface area contributed by atoms with Gasteiger partial charge in [0.05, 0.1) is 22.7 Å². The number of hydrogen-bond acceptors (Lipinski definition) is 4. The summed E-state index contributed by atoms with van der Waals surface area (Å²) in [6.07, 6.45) is 2.34. The zero-order chi connectivity index (χ0) is 18.4. The van der Waals surface area contributed by atoms with E-state index in [-0.39, 0.29) is 18.6 Å². The van der Waals surface area contributed by atoms with Crippen LogP contribution in [0.5, 0.6) is 5.75 Å². The Labute approximate surface area is 162 Å². The Balaban J connectivity index is 1.43. The molecule has 1 atom stereocenters. The monoisotopic (exact) mass is 394 g/mol. The van der Waals surface area contributed by atoms with Gasteiger partial charge in [0, 0.05) is 18.0 Å². The van der Waals surface area contributed by atoms with E-state index in [4.69, 9.17) is 32.7 Å². The van der Waals surface area contributed by atoms with Crippen LogP contribution in [0.25, 0.3) is 0 Å². The van der Waals surface area contributed by atoms with Crippen LogP contribution in [0.2, 0.25) is 10.0 Å². The maximum Gasteiger partial charge on any atom is 0.243 e. The van der Waals surface area contributed by atoms with Gasteiger partial charge in [-0.15, -0.1) is 0 Å². The van der Waals surface area contributed by atoms with Crippen LogP contribution in [0.1, 0.15) is 12.8 Å². The summed E-state index contributed by atoms with van der Waals surface area (Å²) >= 11 is 11.8. The summed E-state index contributed by atoms with van der Waals surface area (Å²) in [5.74, 6) is 0.605. The molecular weight excluding hydrogens is 375 g/mol. The normalized spacial score (nSPS) is 16.3. The van der Waals surface area contributed by atoms with E-state index in [0.717, 1.165) is 30.9 Å². The Hall–Kier alpha value is -1.95. The SMILES string of the molecule is O=C(CNc1ccc(OCC2CCCO2)cc1)Nc1ccc(Cl)c(Cl)c1. The highest BCUT2D eigenvalue weighted by Crippen LogP contribution is 2.25. The summed E-state index contributed by atoms with van der Waals surface area (Å²) < 4.78 is 11.2. The second-order valence-corrected chi connectivity index (χ2v) is 6.82. The van der Waals surface area contributed by atoms with Gasteiger partial charge in [-0.25, -0.2) is 0 Å². The fourth-order valence-corrected chi connectivity index (χ4v) is 2.89. The van der Waals surface area contributed by atoms with Crippen LogP contribution < -0.4 is 15.4 Å². The Morgan fingerprint density at radius 3 is 2.58 bits per heavy atom. The molecule has 7 heteroatoms. The van der Waals surface area contributed by atoms with Gasteiger partial charge in [-0.2, -0.15) is 0 Å². The van der Waals surface area contributed by atoms with E-state index in [1.165, 1.54) is 0 Å². The van der Waals surface area contributed by atoms with Crippen molar-refractivity contribution >= 4 is 40.5 Å². The number of amides is 1. The molecule has 1 aliphatic heterocycles. The summed E-state index contributed by atoms with van der Waals surface area (Å²) in [5, 5.41) is 6.67. The molecule has 1 amide bonds. The Morgan fingerprint density at radius 2 is 1.88 bits per heavy atom. The van der Waals surface area contributed by atoms with Crippen molar-refractivity contribution in [2.24, 2.45) is 0 Å². The predicted molar refractivity (Wildman–Crippen MR) is 104 cm³/mol. The molecule has 0 spiro atoms. The van der Waals surface area contributed by atoms with Crippen LogP contribution >= 0.6 is 23.2 Å². The molecule has 0 radical (unpaired) electrons. The van der Waals surface area contributed by atoms with Gasteiger partial charge in [-0.3, -0.25) is 4.79 Å². The van der Waals surface area contributed by atoms with Crippen LogP contribution in [-0.2, 0) is 9.53 Å². The molecule has 1 aliphatic rings. The lowest BCUT2D eigenvalue weighted by molar-refractivity contribution is -0.114. The average molecular weight is 395 g/mol. The molecule has 2 N–H and O–H groups in total. The summed E-state index contributed by atoms with van der Waals surface area (Å²) in [5.41, 5.74) is 1.43. The fraction of sp³-hybridized carbons (Fsp3) is 0.316. The number of hydrogen-bond donors (Lipinski definition) is 2. The van der Waals surface area contributed by atoms with E-state index >= 15 is 0 Å². The quantitative estimate of drug-likeness (QED) is 0.719. The first-order chi connectivity index (χ1) is 12.6. The minimum Gasteiger partial charge on any atom is -0.491 e. The molecule has 1 heterocycles. The summed E-state index contributed by atoms with van der Waals surface area (Å²) in [7, 11) is 0. The summed E-state index contributed by atoms with van der Waals surface area (Å²) in [6.45, 7) is 1.52. The van der Waals surface area contributed by atoms with Crippen LogP contribution in [0, 0.1) is 0 Å². The van der Waals surface area contributed by atoms with Gasteiger partial charge in [-0.1, -0.05) is 23.2 Å². The van der Waals surface area contributed by atoms with Crippen LogP contribution in [0.15, 0.2) is 42.5 Å². The maximum absolute atomic E-state index is 12.0. The highest BCUT2D eigenvalue weighted by Gasteiger charge is 2.15. The zero-order valence-electron chi connectivity index (χ0n) is 14.1. The Kier molecular flexibility index (Phi) is 6.61. The lowest BCUT2D eigenvalue weighted by Crippen LogP contribution is -2.21. The van der Waals surface area contributed by atoms with Crippen molar-refractivity contribution in [2.45, 2.75) is 18.9 Å². The molecule has 3 rings (SSSR count). The molecule has 0 aromatic heterocycles. The Bertz CT molecular complexity index is 747. The van der Waals surface area contributed by atoms with Crippen LogP contribution in [0.4, 0.5) is 11.4 Å². The zero-order valence-corrected chi connectivity index (χ0v) is 15.6. The minimum absolute atomic E-state index is 0.135. The largest absolute Gasteiger partial charge is 0.491 e. The van der Waals surface area contributed by atoms with E-state index in [9.17, 15) is 4.79 Å². The topological polar surface area (TPSA) is 59.6 Å². The second kappa shape index (κ2) is 9.12. The third kappa shape index (κ3) is 5.53. The highest BCUT2D eigenvalue weighted by atomic mass is 35.5. The third-order valence-corrected chi connectivity index (χ3v) is 4.71. The van der Waals surface area contributed by atoms with Crippen molar-refractivity contribution in [1.29, 1.82) is 0 Å². The highest BCUT2D eigenvalue weighted by molar-refractivity contribution is 6.42. The molecule has 0 saturated carbocycles. The van der Waals surface area contributed by atoms with Crippen molar-refractivity contribution < 1.29 is 14.3 Å².